The van der Waals surface area contributed by atoms with E-state index in [0.717, 1.165) is 0 Å². The molecule has 146 valence electrons. The van der Waals surface area contributed by atoms with Gasteiger partial charge in [-0.25, -0.2) is 0 Å². The Kier molecular flexibility index (Phi) is 6.66. The monoisotopic (exact) mass is 399 g/mol. The maximum absolute atomic E-state index is 12.3. The second kappa shape index (κ2) is 9.37. The number of carbonyl (C=O) groups excluding carboxylic acids is 3. The maximum atomic E-state index is 12.3. The summed E-state index contributed by atoms with van der Waals surface area (Å²) in [5.74, 6) is -0.596. The number of nitrogens with one attached hydrogen (secondary N) is 2. The Morgan fingerprint density at radius 1 is 0.929 bits per heavy atom. The summed E-state index contributed by atoms with van der Waals surface area (Å²) in [5.41, 5.74) is 0.975. The fourth-order valence-corrected chi connectivity index (χ4v) is 3.36. The number of nitrogens with zero attached hydrogens (tertiary/aromatic N) is 1. The molecule has 2 aromatic carbocycles. The number of halogens is 1. The van der Waals surface area contributed by atoms with Gasteiger partial charge < -0.3 is 15.5 Å². The summed E-state index contributed by atoms with van der Waals surface area (Å²) in [4.78, 5) is 38.4. The highest BCUT2D eigenvalue weighted by atomic mass is 35.5. The molecule has 0 unspecified atom stereocenters. The van der Waals surface area contributed by atoms with Gasteiger partial charge in [0.25, 0.3) is 11.8 Å². The molecular weight excluding hydrogens is 378 g/mol. The van der Waals surface area contributed by atoms with Crippen molar-refractivity contribution in [2.75, 3.05) is 19.6 Å². The third kappa shape index (κ3) is 5.10. The Morgan fingerprint density at radius 2 is 1.57 bits per heavy atom. The molecule has 3 rings (SSSR count). The zero-order valence-corrected chi connectivity index (χ0v) is 16.1. The Hall–Kier alpha value is -2.86. The molecule has 0 bridgehead atoms. The topological polar surface area (TPSA) is 78.5 Å². The molecule has 0 spiro atoms. The largest absolute Gasteiger partial charge is 0.349 e. The quantitative estimate of drug-likeness (QED) is 0.810. The van der Waals surface area contributed by atoms with Crippen molar-refractivity contribution in [1.29, 1.82) is 0 Å². The number of rotatable bonds is 5. The molecule has 3 amide bonds. The van der Waals surface area contributed by atoms with Crippen LogP contribution >= 0.6 is 11.6 Å². The molecule has 0 radical (unpaired) electrons. The van der Waals surface area contributed by atoms with Gasteiger partial charge in [0.2, 0.25) is 5.91 Å². The number of likely N-dealkylation sites (tertiary alicyclic amines) is 1. The molecule has 1 fully saturated rings. The van der Waals surface area contributed by atoms with Crippen LogP contribution in [-0.2, 0) is 4.79 Å². The average Bonchev–Trinajstić information content (AvgIpc) is 2.73. The molecule has 2 N–H and O–H groups in total. The van der Waals surface area contributed by atoms with E-state index >= 15 is 0 Å². The number of benzene rings is 2. The lowest BCUT2D eigenvalue weighted by Gasteiger charge is -2.32. The summed E-state index contributed by atoms with van der Waals surface area (Å²) in [5, 5.41) is 6.05. The predicted octanol–water partition coefficient (Wildman–Crippen LogP) is 2.49. The summed E-state index contributed by atoms with van der Waals surface area (Å²) < 4.78 is 0. The molecule has 0 aliphatic carbocycles. The van der Waals surface area contributed by atoms with Crippen LogP contribution in [0.2, 0.25) is 5.02 Å². The average molecular weight is 400 g/mol. The molecule has 1 aliphatic heterocycles. The number of hydrogen-bond donors (Lipinski definition) is 2. The normalized spacial score (nSPS) is 14.4. The summed E-state index contributed by atoms with van der Waals surface area (Å²) >= 11 is 6.06. The van der Waals surface area contributed by atoms with Crippen molar-refractivity contribution in [2.45, 2.75) is 18.9 Å². The molecule has 6 nitrogen and oxygen atoms in total. The van der Waals surface area contributed by atoms with Gasteiger partial charge >= 0.3 is 0 Å². The Morgan fingerprint density at radius 3 is 2.25 bits per heavy atom. The summed E-state index contributed by atoms with van der Waals surface area (Å²) in [6.07, 6.45) is 1.32. The van der Waals surface area contributed by atoms with E-state index in [1.54, 1.807) is 53.4 Å². The van der Waals surface area contributed by atoms with Crippen molar-refractivity contribution in [2.24, 2.45) is 0 Å². The second-order valence-electron chi connectivity index (χ2n) is 6.66. The van der Waals surface area contributed by atoms with E-state index in [9.17, 15) is 14.4 Å². The van der Waals surface area contributed by atoms with E-state index in [4.69, 9.17) is 11.6 Å². The zero-order valence-electron chi connectivity index (χ0n) is 15.4. The summed E-state index contributed by atoms with van der Waals surface area (Å²) in [6.45, 7) is 1.03. The molecule has 1 heterocycles. The Labute approximate surface area is 168 Å². The lowest BCUT2D eigenvalue weighted by Crippen LogP contribution is -2.49. The number of piperidine rings is 1. The summed E-state index contributed by atoms with van der Waals surface area (Å²) in [7, 11) is 0. The minimum absolute atomic E-state index is 0.00765. The second-order valence-corrected chi connectivity index (χ2v) is 7.06. The first-order valence-electron chi connectivity index (χ1n) is 9.21. The van der Waals surface area contributed by atoms with Crippen LogP contribution in [0.15, 0.2) is 54.6 Å². The van der Waals surface area contributed by atoms with Crippen LogP contribution in [0.5, 0.6) is 0 Å². The molecular formula is C21H22ClN3O3. The van der Waals surface area contributed by atoms with Crippen molar-refractivity contribution < 1.29 is 14.4 Å². The van der Waals surface area contributed by atoms with Crippen molar-refractivity contribution >= 4 is 29.3 Å². The van der Waals surface area contributed by atoms with Crippen LogP contribution in [0.1, 0.15) is 33.6 Å². The maximum Gasteiger partial charge on any atom is 0.253 e. The van der Waals surface area contributed by atoms with E-state index < -0.39 is 0 Å². The smallest absolute Gasteiger partial charge is 0.253 e. The summed E-state index contributed by atoms with van der Waals surface area (Å²) in [6, 6.07) is 15.7. The molecule has 1 aliphatic rings. The Bertz CT molecular complexity index is 849. The van der Waals surface area contributed by atoms with E-state index in [1.807, 2.05) is 6.07 Å². The minimum atomic E-state index is -0.268. The molecule has 2 aromatic rings. The van der Waals surface area contributed by atoms with Crippen LogP contribution in [0, 0.1) is 0 Å². The van der Waals surface area contributed by atoms with Crippen LogP contribution in [0.3, 0.4) is 0 Å². The highest BCUT2D eigenvalue weighted by Gasteiger charge is 2.24. The van der Waals surface area contributed by atoms with Gasteiger partial charge in [0.05, 0.1) is 17.1 Å². The van der Waals surface area contributed by atoms with E-state index in [0.29, 0.717) is 42.1 Å². The first kappa shape index (κ1) is 19.9. The van der Waals surface area contributed by atoms with E-state index in [2.05, 4.69) is 10.6 Å². The third-order valence-corrected chi connectivity index (χ3v) is 5.07. The molecule has 1 saturated heterocycles. The van der Waals surface area contributed by atoms with Gasteiger partial charge in [-0.2, -0.15) is 0 Å². The van der Waals surface area contributed by atoms with Crippen molar-refractivity contribution in [1.82, 2.24) is 15.5 Å². The highest BCUT2D eigenvalue weighted by Crippen LogP contribution is 2.16. The number of amides is 3. The molecule has 0 aromatic heterocycles. The van der Waals surface area contributed by atoms with E-state index in [-0.39, 0.29) is 30.3 Å². The van der Waals surface area contributed by atoms with Gasteiger partial charge in [-0.1, -0.05) is 41.9 Å². The fourth-order valence-electron chi connectivity index (χ4n) is 3.14. The van der Waals surface area contributed by atoms with Crippen LogP contribution in [0.25, 0.3) is 0 Å². The number of hydrogen-bond acceptors (Lipinski definition) is 3. The van der Waals surface area contributed by atoms with Crippen LogP contribution in [0.4, 0.5) is 0 Å². The fraction of sp³-hybridized carbons (Fsp3) is 0.286. The highest BCUT2D eigenvalue weighted by molar-refractivity contribution is 6.33. The van der Waals surface area contributed by atoms with Crippen molar-refractivity contribution in [3.63, 3.8) is 0 Å². The third-order valence-electron chi connectivity index (χ3n) is 4.74. The van der Waals surface area contributed by atoms with Gasteiger partial charge in [-0.15, -0.1) is 0 Å². The first-order valence-corrected chi connectivity index (χ1v) is 9.59. The predicted molar refractivity (Wildman–Crippen MR) is 107 cm³/mol. The van der Waals surface area contributed by atoms with E-state index in [1.165, 1.54) is 0 Å². The lowest BCUT2D eigenvalue weighted by atomic mass is 10.0. The SMILES string of the molecule is O=C(NCC(=O)N1CCC(NC(=O)c2ccccc2Cl)CC1)c1ccccc1. The van der Waals surface area contributed by atoms with Crippen LogP contribution < -0.4 is 10.6 Å². The zero-order chi connectivity index (χ0) is 19.9. The van der Waals surface area contributed by atoms with Gasteiger partial charge in [0, 0.05) is 24.7 Å². The number of carbonyl (C=O) groups is 3. The van der Waals surface area contributed by atoms with Gasteiger partial charge in [0.1, 0.15) is 0 Å². The van der Waals surface area contributed by atoms with Gasteiger partial charge in [-0.3, -0.25) is 14.4 Å². The molecule has 28 heavy (non-hydrogen) atoms. The lowest BCUT2D eigenvalue weighted by molar-refractivity contribution is -0.131. The van der Waals surface area contributed by atoms with Gasteiger partial charge in [-0.05, 0) is 37.1 Å². The molecule has 0 saturated carbocycles. The minimum Gasteiger partial charge on any atom is -0.349 e. The van der Waals surface area contributed by atoms with Crippen molar-refractivity contribution in [3.05, 3.63) is 70.7 Å². The van der Waals surface area contributed by atoms with Crippen molar-refractivity contribution in [3.8, 4) is 0 Å². The van der Waals surface area contributed by atoms with Gasteiger partial charge in [0.15, 0.2) is 0 Å². The Balaban J connectivity index is 1.43. The standard InChI is InChI=1S/C21H22ClN3O3/c22-18-9-5-4-8-17(18)21(28)24-16-10-12-25(13-11-16)19(26)14-23-20(27)15-6-2-1-3-7-15/h1-9,16H,10-14H2,(H,23,27)(H,24,28). The first-order chi connectivity index (χ1) is 13.5. The van der Waals surface area contributed by atoms with Crippen LogP contribution in [-0.4, -0.2) is 48.3 Å². The molecule has 7 heteroatoms. The molecule has 0 atom stereocenters.